The molecule has 1 aromatic heterocycles. The number of carboxylic acids is 1. The second kappa shape index (κ2) is 7.32. The first-order chi connectivity index (χ1) is 9.30. The average Bonchev–Trinajstić information content (AvgIpc) is 2.36. The molecule has 0 fully saturated rings. The van der Waals surface area contributed by atoms with Crippen LogP contribution in [0.15, 0.2) is 18.3 Å². The monoisotopic (exact) mass is 302 g/mol. The highest BCUT2D eigenvalue weighted by atomic mass is 32.2. The summed E-state index contributed by atoms with van der Waals surface area (Å²) in [5.74, 6) is -1.24. The highest BCUT2D eigenvalue weighted by molar-refractivity contribution is 7.89. The molecule has 0 atom stereocenters. The van der Waals surface area contributed by atoms with Crippen molar-refractivity contribution >= 4 is 16.0 Å². The third-order valence-electron chi connectivity index (χ3n) is 2.34. The number of hydrogen-bond donors (Lipinski definition) is 2. The summed E-state index contributed by atoms with van der Waals surface area (Å²) in [4.78, 5) is 14.3. The van der Waals surface area contributed by atoms with Crippen molar-refractivity contribution in [2.24, 2.45) is 0 Å². The van der Waals surface area contributed by atoms with Crippen molar-refractivity contribution in [3.63, 3.8) is 0 Å². The molecule has 0 aromatic carbocycles. The smallest absolute Gasteiger partial charge is 0.354 e. The van der Waals surface area contributed by atoms with Crippen molar-refractivity contribution in [1.82, 2.24) is 9.71 Å². The summed E-state index contributed by atoms with van der Waals surface area (Å²) >= 11 is 0. The highest BCUT2D eigenvalue weighted by Crippen LogP contribution is 2.01. The molecular weight excluding hydrogens is 284 g/mol. The van der Waals surface area contributed by atoms with Gasteiger partial charge in [0.15, 0.2) is 0 Å². The van der Waals surface area contributed by atoms with Crippen LogP contribution in [0.25, 0.3) is 0 Å². The summed E-state index contributed by atoms with van der Waals surface area (Å²) in [5, 5.41) is 8.69. The van der Waals surface area contributed by atoms with Gasteiger partial charge in [0.05, 0.1) is 18.5 Å². The zero-order chi connectivity index (χ0) is 15.2. The van der Waals surface area contributed by atoms with Gasteiger partial charge in [0, 0.05) is 12.7 Å². The molecule has 112 valence electrons. The molecule has 0 unspecified atom stereocenters. The molecule has 0 bridgehead atoms. The van der Waals surface area contributed by atoms with Gasteiger partial charge in [-0.15, -0.1) is 0 Å². The van der Waals surface area contributed by atoms with Gasteiger partial charge in [0.2, 0.25) is 10.0 Å². The number of sulfonamides is 1. The molecular formula is C12H18N2O5S. The van der Waals surface area contributed by atoms with Crippen LogP contribution in [-0.2, 0) is 21.3 Å². The number of ether oxygens (including phenoxy) is 1. The number of pyridine rings is 1. The lowest BCUT2D eigenvalue weighted by atomic mass is 10.2. The quantitative estimate of drug-likeness (QED) is 0.729. The molecule has 0 saturated heterocycles. The summed E-state index contributed by atoms with van der Waals surface area (Å²) in [5.41, 5.74) is 0.505. The molecule has 1 aromatic rings. The lowest BCUT2D eigenvalue weighted by Crippen LogP contribution is -2.28. The SMILES string of the molecule is CC(C)OCCS(=O)(=O)NCc1ccc(C(=O)O)nc1. The van der Waals surface area contributed by atoms with Gasteiger partial charge in [0.1, 0.15) is 5.69 Å². The lowest BCUT2D eigenvalue weighted by molar-refractivity contribution is 0.0690. The van der Waals surface area contributed by atoms with E-state index in [1.165, 1.54) is 18.3 Å². The van der Waals surface area contributed by atoms with E-state index in [2.05, 4.69) is 9.71 Å². The molecule has 0 aliphatic rings. The summed E-state index contributed by atoms with van der Waals surface area (Å²) in [7, 11) is -3.42. The third kappa shape index (κ3) is 6.09. The Morgan fingerprint density at radius 1 is 1.45 bits per heavy atom. The number of carboxylic acid groups (broad SMARTS) is 1. The first-order valence-electron chi connectivity index (χ1n) is 6.07. The molecule has 8 heteroatoms. The topological polar surface area (TPSA) is 106 Å². The fourth-order valence-electron chi connectivity index (χ4n) is 1.31. The summed E-state index contributed by atoms with van der Waals surface area (Å²) in [6, 6.07) is 2.84. The fourth-order valence-corrected chi connectivity index (χ4v) is 2.16. The van der Waals surface area contributed by atoms with E-state index in [0.717, 1.165) is 0 Å². The van der Waals surface area contributed by atoms with E-state index < -0.39 is 16.0 Å². The zero-order valence-corrected chi connectivity index (χ0v) is 12.2. The van der Waals surface area contributed by atoms with Crippen LogP contribution >= 0.6 is 0 Å². The molecule has 0 amide bonds. The second-order valence-corrected chi connectivity index (χ2v) is 6.34. The molecule has 0 aliphatic carbocycles. The Labute approximate surface area is 118 Å². The van der Waals surface area contributed by atoms with E-state index in [1.54, 1.807) is 0 Å². The number of nitrogens with zero attached hydrogens (tertiary/aromatic N) is 1. The maximum Gasteiger partial charge on any atom is 0.354 e. The number of aromatic nitrogens is 1. The number of rotatable bonds is 8. The number of carbonyl (C=O) groups is 1. The van der Waals surface area contributed by atoms with Crippen LogP contribution < -0.4 is 4.72 Å². The summed E-state index contributed by atoms with van der Waals surface area (Å²) < 4.78 is 30.9. The van der Waals surface area contributed by atoms with E-state index in [9.17, 15) is 13.2 Å². The van der Waals surface area contributed by atoms with Gasteiger partial charge in [-0.1, -0.05) is 6.07 Å². The molecule has 2 N–H and O–H groups in total. The molecule has 1 heterocycles. The van der Waals surface area contributed by atoms with Gasteiger partial charge in [0.25, 0.3) is 0 Å². The van der Waals surface area contributed by atoms with Gasteiger partial charge >= 0.3 is 5.97 Å². The average molecular weight is 302 g/mol. The largest absolute Gasteiger partial charge is 0.477 e. The van der Waals surface area contributed by atoms with Gasteiger partial charge in [-0.3, -0.25) is 0 Å². The fraction of sp³-hybridized carbons (Fsp3) is 0.500. The van der Waals surface area contributed by atoms with Crippen molar-refractivity contribution in [1.29, 1.82) is 0 Å². The molecule has 20 heavy (non-hydrogen) atoms. The minimum atomic E-state index is -3.42. The Morgan fingerprint density at radius 2 is 2.15 bits per heavy atom. The number of aromatic carboxylic acids is 1. The van der Waals surface area contributed by atoms with E-state index in [4.69, 9.17) is 9.84 Å². The van der Waals surface area contributed by atoms with Crippen molar-refractivity contribution in [2.45, 2.75) is 26.5 Å². The molecule has 0 radical (unpaired) electrons. The predicted molar refractivity (Wildman–Crippen MR) is 72.9 cm³/mol. The maximum absolute atomic E-state index is 11.7. The van der Waals surface area contributed by atoms with Gasteiger partial charge in [-0.25, -0.2) is 22.9 Å². The Morgan fingerprint density at radius 3 is 2.65 bits per heavy atom. The third-order valence-corrected chi connectivity index (χ3v) is 3.63. The van der Waals surface area contributed by atoms with Crippen LogP contribution in [-0.4, -0.2) is 42.9 Å². The second-order valence-electron chi connectivity index (χ2n) is 4.42. The summed E-state index contributed by atoms with van der Waals surface area (Å²) in [6.07, 6.45) is 1.31. The highest BCUT2D eigenvalue weighted by Gasteiger charge is 2.11. The van der Waals surface area contributed by atoms with Crippen LogP contribution in [0.3, 0.4) is 0 Å². The van der Waals surface area contributed by atoms with E-state index in [0.29, 0.717) is 5.56 Å². The van der Waals surface area contributed by atoms with Crippen molar-refractivity contribution in [2.75, 3.05) is 12.4 Å². The van der Waals surface area contributed by atoms with E-state index in [1.807, 2.05) is 13.8 Å². The van der Waals surface area contributed by atoms with Crippen LogP contribution in [0.5, 0.6) is 0 Å². The van der Waals surface area contributed by atoms with Crippen molar-refractivity contribution in [3.8, 4) is 0 Å². The number of hydrogen-bond acceptors (Lipinski definition) is 5. The van der Waals surface area contributed by atoms with Gasteiger partial charge in [-0.05, 0) is 25.5 Å². The molecule has 0 saturated carbocycles. The first kappa shape index (κ1) is 16.5. The van der Waals surface area contributed by atoms with E-state index >= 15 is 0 Å². The predicted octanol–water partition coefficient (Wildman–Crippen LogP) is 0.624. The molecule has 1 rings (SSSR count). The Hall–Kier alpha value is -1.51. The minimum Gasteiger partial charge on any atom is -0.477 e. The Bertz CT molecular complexity index is 539. The zero-order valence-electron chi connectivity index (χ0n) is 11.4. The molecule has 7 nitrogen and oxygen atoms in total. The summed E-state index contributed by atoms with van der Waals surface area (Å²) in [6.45, 7) is 3.85. The van der Waals surface area contributed by atoms with Gasteiger partial charge in [-0.2, -0.15) is 0 Å². The maximum atomic E-state index is 11.7. The minimum absolute atomic E-state index is 0.0158. The van der Waals surface area contributed by atoms with Crippen LogP contribution in [0.2, 0.25) is 0 Å². The lowest BCUT2D eigenvalue weighted by Gasteiger charge is -2.09. The van der Waals surface area contributed by atoms with Crippen molar-refractivity contribution in [3.05, 3.63) is 29.6 Å². The van der Waals surface area contributed by atoms with E-state index in [-0.39, 0.29) is 30.7 Å². The van der Waals surface area contributed by atoms with Crippen molar-refractivity contribution < 1.29 is 23.1 Å². The Kier molecular flexibility index (Phi) is 6.05. The normalized spacial score (nSPS) is 11.8. The molecule has 0 spiro atoms. The Balaban J connectivity index is 2.47. The van der Waals surface area contributed by atoms with Crippen LogP contribution in [0, 0.1) is 0 Å². The van der Waals surface area contributed by atoms with Gasteiger partial charge < -0.3 is 9.84 Å². The van der Waals surface area contributed by atoms with Crippen LogP contribution in [0.1, 0.15) is 29.9 Å². The standard InChI is InChI=1S/C12H18N2O5S/c1-9(2)19-5-6-20(17,18)14-8-10-3-4-11(12(15)16)13-7-10/h3-4,7,9,14H,5-6,8H2,1-2H3,(H,15,16). The van der Waals surface area contributed by atoms with Crippen LogP contribution in [0.4, 0.5) is 0 Å². The first-order valence-corrected chi connectivity index (χ1v) is 7.72. The number of nitrogens with one attached hydrogen (secondary N) is 1. The molecule has 0 aliphatic heterocycles.